The molecule has 1 unspecified atom stereocenters. The average molecular weight is 360 g/mol. The van der Waals surface area contributed by atoms with Gasteiger partial charge in [-0.2, -0.15) is 5.10 Å². The normalized spacial score (nSPS) is 12.2. The van der Waals surface area contributed by atoms with Crippen LogP contribution in [-0.2, 0) is 13.0 Å². The maximum Gasteiger partial charge on any atom is 0.292 e. The number of H-pyrrole nitrogens is 1. The van der Waals surface area contributed by atoms with E-state index in [2.05, 4.69) is 44.9 Å². The van der Waals surface area contributed by atoms with Gasteiger partial charge in [-0.05, 0) is 24.5 Å². The predicted molar refractivity (Wildman–Crippen MR) is 105 cm³/mol. The number of hydrogen-bond acceptors (Lipinski definition) is 5. The molecule has 7 heteroatoms. The molecule has 4 aromatic rings. The fourth-order valence-corrected chi connectivity index (χ4v) is 3.13. The van der Waals surface area contributed by atoms with Crippen LogP contribution in [0.4, 0.5) is 5.82 Å². The molecule has 1 atom stereocenters. The summed E-state index contributed by atoms with van der Waals surface area (Å²) in [6.45, 7) is 2.55. The first kappa shape index (κ1) is 17.0. The summed E-state index contributed by atoms with van der Waals surface area (Å²) >= 11 is 0. The lowest BCUT2D eigenvalue weighted by Crippen LogP contribution is -2.22. The molecule has 0 aliphatic heterocycles. The Morgan fingerprint density at radius 2 is 1.70 bits per heavy atom. The number of fused-ring (bicyclic) bond motifs is 1. The van der Waals surface area contributed by atoms with Crippen molar-refractivity contribution in [2.24, 2.45) is 0 Å². The second-order valence-electron chi connectivity index (χ2n) is 6.57. The lowest BCUT2D eigenvalue weighted by Gasteiger charge is -2.14. The van der Waals surface area contributed by atoms with Crippen LogP contribution in [0.1, 0.15) is 18.1 Å². The van der Waals surface area contributed by atoms with E-state index in [0.717, 1.165) is 12.0 Å². The first-order chi connectivity index (χ1) is 13.2. The van der Waals surface area contributed by atoms with Crippen LogP contribution in [-0.4, -0.2) is 31.2 Å². The first-order valence-corrected chi connectivity index (χ1v) is 8.87. The van der Waals surface area contributed by atoms with E-state index in [4.69, 9.17) is 0 Å². The molecule has 0 saturated carbocycles. The highest BCUT2D eigenvalue weighted by molar-refractivity contribution is 5.84. The van der Waals surface area contributed by atoms with Crippen molar-refractivity contribution < 1.29 is 0 Å². The Bertz CT molecular complexity index is 1090. The predicted octanol–water partition coefficient (Wildman–Crippen LogP) is 2.61. The van der Waals surface area contributed by atoms with E-state index < -0.39 is 0 Å². The smallest absolute Gasteiger partial charge is 0.292 e. The Morgan fingerprint density at radius 1 is 1.04 bits per heavy atom. The van der Waals surface area contributed by atoms with E-state index in [-0.39, 0.29) is 11.6 Å². The molecule has 0 bridgehead atoms. The van der Waals surface area contributed by atoms with Crippen LogP contribution in [0.25, 0.3) is 11.0 Å². The minimum absolute atomic E-state index is 0.119. The number of nitrogens with zero attached hydrogens (tertiary/aromatic N) is 4. The van der Waals surface area contributed by atoms with Gasteiger partial charge in [0.1, 0.15) is 0 Å². The van der Waals surface area contributed by atoms with Gasteiger partial charge in [0.05, 0.1) is 6.54 Å². The summed E-state index contributed by atoms with van der Waals surface area (Å²) in [5.41, 5.74) is 2.88. The quantitative estimate of drug-likeness (QED) is 0.552. The number of aromatic amines is 1. The molecule has 0 aliphatic carbocycles. The third kappa shape index (κ3) is 3.72. The maximum atomic E-state index is 12.3. The van der Waals surface area contributed by atoms with Crippen LogP contribution in [0.5, 0.6) is 0 Å². The van der Waals surface area contributed by atoms with Crippen molar-refractivity contribution in [2.45, 2.75) is 25.9 Å². The topological polar surface area (TPSA) is 88.5 Å². The fourth-order valence-electron chi connectivity index (χ4n) is 3.13. The minimum Gasteiger partial charge on any atom is -0.364 e. The SMILES string of the molecule is CC(Cc1ccccc1)Nc1n[nH]c(=O)c2c1nnn2Cc1ccccc1. The molecule has 0 saturated heterocycles. The number of benzene rings is 2. The standard InChI is InChI=1S/C20H20N6O/c1-14(12-15-8-4-2-5-9-15)21-19-17-18(20(27)24-23-19)26(25-22-17)13-16-10-6-3-7-11-16/h2-11,14H,12-13H2,1H3,(H,21,23)(H,24,27). The van der Waals surface area contributed by atoms with Gasteiger partial charge in [-0.3, -0.25) is 4.79 Å². The van der Waals surface area contributed by atoms with E-state index >= 15 is 0 Å². The summed E-state index contributed by atoms with van der Waals surface area (Å²) in [7, 11) is 0. The lowest BCUT2D eigenvalue weighted by molar-refractivity contribution is 0.667. The highest BCUT2D eigenvalue weighted by Gasteiger charge is 2.16. The Morgan fingerprint density at radius 3 is 2.41 bits per heavy atom. The number of nitrogens with one attached hydrogen (secondary N) is 2. The number of aromatic nitrogens is 5. The minimum atomic E-state index is -0.299. The summed E-state index contributed by atoms with van der Waals surface area (Å²) in [5, 5.41) is 18.4. The van der Waals surface area contributed by atoms with Crippen LogP contribution in [0.3, 0.4) is 0 Å². The molecular formula is C20H20N6O. The van der Waals surface area contributed by atoms with E-state index in [1.165, 1.54) is 5.56 Å². The number of anilines is 1. The molecule has 27 heavy (non-hydrogen) atoms. The molecular weight excluding hydrogens is 340 g/mol. The van der Waals surface area contributed by atoms with E-state index in [0.29, 0.717) is 23.4 Å². The van der Waals surface area contributed by atoms with Gasteiger partial charge in [-0.15, -0.1) is 5.10 Å². The van der Waals surface area contributed by atoms with Crippen molar-refractivity contribution in [1.29, 1.82) is 0 Å². The third-order valence-electron chi connectivity index (χ3n) is 4.39. The van der Waals surface area contributed by atoms with Gasteiger partial charge in [0.2, 0.25) is 0 Å². The van der Waals surface area contributed by atoms with Gasteiger partial charge in [0, 0.05) is 6.04 Å². The van der Waals surface area contributed by atoms with Crippen molar-refractivity contribution in [3.63, 3.8) is 0 Å². The molecule has 7 nitrogen and oxygen atoms in total. The molecule has 4 rings (SSSR count). The van der Waals surface area contributed by atoms with Crippen LogP contribution in [0.15, 0.2) is 65.5 Å². The molecule has 2 N–H and O–H groups in total. The van der Waals surface area contributed by atoms with Crippen LogP contribution < -0.4 is 10.9 Å². The Hall–Kier alpha value is -3.48. The van der Waals surface area contributed by atoms with Gasteiger partial charge in [-0.1, -0.05) is 65.9 Å². The van der Waals surface area contributed by atoms with E-state index in [1.54, 1.807) is 4.68 Å². The maximum absolute atomic E-state index is 12.3. The molecule has 0 spiro atoms. The highest BCUT2D eigenvalue weighted by atomic mass is 16.1. The molecule has 0 fully saturated rings. The van der Waals surface area contributed by atoms with Gasteiger partial charge in [0.25, 0.3) is 5.56 Å². The van der Waals surface area contributed by atoms with E-state index in [9.17, 15) is 4.79 Å². The van der Waals surface area contributed by atoms with Crippen molar-refractivity contribution in [2.75, 3.05) is 5.32 Å². The second kappa shape index (κ2) is 7.41. The van der Waals surface area contributed by atoms with Crippen molar-refractivity contribution in [1.82, 2.24) is 25.2 Å². The zero-order valence-corrected chi connectivity index (χ0v) is 15.0. The summed E-state index contributed by atoms with van der Waals surface area (Å²) in [6.07, 6.45) is 0.835. The Kier molecular flexibility index (Phi) is 4.65. The summed E-state index contributed by atoms with van der Waals surface area (Å²) in [5.74, 6) is 0.535. The molecule has 0 radical (unpaired) electrons. The Labute approximate surface area is 156 Å². The fraction of sp³-hybridized carbons (Fsp3) is 0.200. The van der Waals surface area contributed by atoms with Crippen LogP contribution in [0, 0.1) is 0 Å². The zero-order valence-electron chi connectivity index (χ0n) is 15.0. The summed E-state index contributed by atoms with van der Waals surface area (Å²) in [6, 6.07) is 20.2. The van der Waals surface area contributed by atoms with Crippen molar-refractivity contribution in [3.8, 4) is 0 Å². The van der Waals surface area contributed by atoms with Gasteiger partial charge in [-0.25, -0.2) is 9.78 Å². The molecule has 2 aromatic carbocycles. The lowest BCUT2D eigenvalue weighted by atomic mass is 10.1. The highest BCUT2D eigenvalue weighted by Crippen LogP contribution is 2.17. The Balaban J connectivity index is 1.61. The summed E-state index contributed by atoms with van der Waals surface area (Å²) < 4.78 is 1.61. The number of hydrogen-bond donors (Lipinski definition) is 2. The number of rotatable bonds is 6. The van der Waals surface area contributed by atoms with Crippen molar-refractivity contribution in [3.05, 3.63) is 82.1 Å². The molecule has 0 amide bonds. The van der Waals surface area contributed by atoms with Gasteiger partial charge >= 0.3 is 0 Å². The average Bonchev–Trinajstić information content (AvgIpc) is 3.10. The van der Waals surface area contributed by atoms with Crippen molar-refractivity contribution >= 4 is 16.9 Å². The second-order valence-corrected chi connectivity index (χ2v) is 6.57. The molecule has 2 aromatic heterocycles. The zero-order chi connectivity index (χ0) is 18.6. The van der Waals surface area contributed by atoms with E-state index in [1.807, 2.05) is 48.5 Å². The van der Waals surface area contributed by atoms with Gasteiger partial charge < -0.3 is 5.32 Å². The largest absolute Gasteiger partial charge is 0.364 e. The molecule has 136 valence electrons. The summed E-state index contributed by atoms with van der Waals surface area (Å²) in [4.78, 5) is 12.3. The van der Waals surface area contributed by atoms with Gasteiger partial charge in [0.15, 0.2) is 16.9 Å². The first-order valence-electron chi connectivity index (χ1n) is 8.87. The third-order valence-corrected chi connectivity index (χ3v) is 4.39. The molecule has 2 heterocycles. The van der Waals surface area contributed by atoms with Crippen LogP contribution >= 0.6 is 0 Å². The molecule has 0 aliphatic rings. The van der Waals surface area contributed by atoms with Crippen LogP contribution in [0.2, 0.25) is 0 Å². The monoisotopic (exact) mass is 360 g/mol.